The molecule has 3 unspecified atom stereocenters. The number of nitrogens with one attached hydrogen (secondary N) is 1. The first-order valence-electron chi connectivity index (χ1n) is 9.30. The van der Waals surface area contributed by atoms with Gasteiger partial charge >= 0.3 is 5.97 Å². The maximum Gasteiger partial charge on any atom is 0.331 e. The molecule has 1 saturated carbocycles. The maximum absolute atomic E-state index is 12.1. The summed E-state index contributed by atoms with van der Waals surface area (Å²) < 4.78 is 15.4. The molecule has 0 aliphatic heterocycles. The van der Waals surface area contributed by atoms with Gasteiger partial charge in [-0.2, -0.15) is 0 Å². The summed E-state index contributed by atoms with van der Waals surface area (Å²) in [6.45, 7) is 4.10. The summed E-state index contributed by atoms with van der Waals surface area (Å²) in [4.78, 5) is 23.9. The lowest BCUT2D eigenvalue weighted by Gasteiger charge is -2.34. The number of methoxy groups -OCH3 is 2. The molecular weight excluding hydrogens is 346 g/mol. The van der Waals surface area contributed by atoms with Crippen LogP contribution >= 0.6 is 0 Å². The van der Waals surface area contributed by atoms with E-state index in [1.54, 1.807) is 38.5 Å². The van der Waals surface area contributed by atoms with E-state index in [-0.39, 0.29) is 18.6 Å². The molecule has 0 saturated heterocycles. The van der Waals surface area contributed by atoms with Crippen LogP contribution in [0.5, 0.6) is 11.5 Å². The fourth-order valence-electron chi connectivity index (χ4n) is 3.34. The third-order valence-corrected chi connectivity index (χ3v) is 5.22. The van der Waals surface area contributed by atoms with Crippen molar-refractivity contribution in [3.63, 3.8) is 0 Å². The Morgan fingerprint density at radius 1 is 1.15 bits per heavy atom. The van der Waals surface area contributed by atoms with Crippen molar-refractivity contribution >= 4 is 18.0 Å². The van der Waals surface area contributed by atoms with Crippen molar-refractivity contribution in [1.29, 1.82) is 0 Å². The van der Waals surface area contributed by atoms with Crippen LogP contribution in [0, 0.1) is 11.8 Å². The van der Waals surface area contributed by atoms with Gasteiger partial charge in [0, 0.05) is 12.1 Å². The Bertz CT molecular complexity index is 685. The fraction of sp³-hybridized carbons (Fsp3) is 0.524. The van der Waals surface area contributed by atoms with Crippen molar-refractivity contribution in [2.75, 3.05) is 20.8 Å². The van der Waals surface area contributed by atoms with Gasteiger partial charge in [-0.15, -0.1) is 0 Å². The smallest absolute Gasteiger partial charge is 0.331 e. The molecule has 2 rings (SSSR count). The van der Waals surface area contributed by atoms with Crippen LogP contribution in [0.4, 0.5) is 0 Å². The minimum Gasteiger partial charge on any atom is -0.493 e. The second kappa shape index (κ2) is 10.00. The Balaban J connectivity index is 1.81. The highest BCUT2D eigenvalue weighted by molar-refractivity contribution is 5.89. The average molecular weight is 375 g/mol. The molecule has 3 atom stereocenters. The van der Waals surface area contributed by atoms with Gasteiger partial charge < -0.3 is 19.5 Å². The molecule has 0 radical (unpaired) electrons. The molecule has 0 bridgehead atoms. The lowest BCUT2D eigenvalue weighted by molar-refractivity contribution is -0.144. The van der Waals surface area contributed by atoms with Gasteiger partial charge in [0.2, 0.25) is 0 Å². The molecule has 1 N–H and O–H groups in total. The highest BCUT2D eigenvalue weighted by Crippen LogP contribution is 2.29. The van der Waals surface area contributed by atoms with E-state index >= 15 is 0 Å². The maximum atomic E-state index is 12.1. The molecular formula is C21H29NO5. The molecule has 1 aromatic carbocycles. The van der Waals surface area contributed by atoms with Crippen molar-refractivity contribution in [2.45, 2.75) is 39.2 Å². The Morgan fingerprint density at radius 2 is 1.89 bits per heavy atom. The summed E-state index contributed by atoms with van der Waals surface area (Å²) >= 11 is 0. The van der Waals surface area contributed by atoms with Crippen molar-refractivity contribution in [1.82, 2.24) is 5.32 Å². The summed E-state index contributed by atoms with van der Waals surface area (Å²) in [6.07, 6.45) is 6.19. The van der Waals surface area contributed by atoms with Crippen LogP contribution in [-0.2, 0) is 14.3 Å². The van der Waals surface area contributed by atoms with E-state index in [4.69, 9.17) is 14.2 Å². The molecule has 0 heterocycles. The Hall–Kier alpha value is -2.50. The molecule has 6 nitrogen and oxygen atoms in total. The minimum atomic E-state index is -0.565. The second-order valence-corrected chi connectivity index (χ2v) is 7.00. The standard InChI is InChI=1S/C21H29NO5/c1-14-6-5-7-17(15(14)2)22-20(23)13-27-21(24)11-9-16-8-10-18(25-3)19(12-16)26-4/h8-12,14-15,17H,5-7,13H2,1-4H3,(H,22,23)/b11-9+. The Labute approximate surface area is 160 Å². The number of hydrogen-bond donors (Lipinski definition) is 1. The van der Waals surface area contributed by atoms with Crippen molar-refractivity contribution in [3.05, 3.63) is 29.8 Å². The highest BCUT2D eigenvalue weighted by atomic mass is 16.5. The Morgan fingerprint density at radius 3 is 2.59 bits per heavy atom. The van der Waals surface area contributed by atoms with Gasteiger partial charge in [0.15, 0.2) is 18.1 Å². The number of amides is 1. The average Bonchev–Trinajstić information content (AvgIpc) is 2.68. The summed E-state index contributed by atoms with van der Waals surface area (Å²) in [5.41, 5.74) is 0.763. The fourth-order valence-corrected chi connectivity index (χ4v) is 3.34. The van der Waals surface area contributed by atoms with Gasteiger partial charge in [0.25, 0.3) is 5.91 Å². The van der Waals surface area contributed by atoms with Gasteiger partial charge in [-0.3, -0.25) is 4.79 Å². The molecule has 27 heavy (non-hydrogen) atoms. The Kier molecular flexibility index (Phi) is 7.70. The number of benzene rings is 1. The quantitative estimate of drug-likeness (QED) is 0.585. The molecule has 1 aliphatic carbocycles. The first-order chi connectivity index (χ1) is 12.9. The molecule has 0 aromatic heterocycles. The zero-order chi connectivity index (χ0) is 19.8. The first-order valence-corrected chi connectivity index (χ1v) is 9.30. The van der Waals surface area contributed by atoms with Crippen LogP contribution in [0.3, 0.4) is 0 Å². The normalized spacial score (nSPS) is 22.3. The van der Waals surface area contributed by atoms with E-state index in [9.17, 15) is 9.59 Å². The zero-order valence-electron chi connectivity index (χ0n) is 16.5. The van der Waals surface area contributed by atoms with Crippen LogP contribution in [0.25, 0.3) is 6.08 Å². The summed E-state index contributed by atoms with van der Waals surface area (Å²) in [6, 6.07) is 5.45. The first kappa shape index (κ1) is 20.8. The topological polar surface area (TPSA) is 73.9 Å². The number of carbonyl (C=O) groups is 2. The van der Waals surface area contributed by atoms with E-state index in [1.165, 1.54) is 12.5 Å². The molecule has 1 aromatic rings. The van der Waals surface area contributed by atoms with E-state index < -0.39 is 5.97 Å². The van der Waals surface area contributed by atoms with Crippen molar-refractivity contribution in [3.8, 4) is 11.5 Å². The molecule has 1 amide bonds. The zero-order valence-corrected chi connectivity index (χ0v) is 16.5. The van der Waals surface area contributed by atoms with Crippen LogP contribution in [0.15, 0.2) is 24.3 Å². The van der Waals surface area contributed by atoms with Crippen LogP contribution < -0.4 is 14.8 Å². The number of hydrogen-bond acceptors (Lipinski definition) is 5. The number of esters is 1. The third-order valence-electron chi connectivity index (χ3n) is 5.22. The largest absolute Gasteiger partial charge is 0.493 e. The number of ether oxygens (including phenoxy) is 3. The van der Waals surface area contributed by atoms with Crippen LogP contribution in [0.2, 0.25) is 0 Å². The van der Waals surface area contributed by atoms with E-state index in [2.05, 4.69) is 19.2 Å². The van der Waals surface area contributed by atoms with Crippen molar-refractivity contribution < 1.29 is 23.8 Å². The minimum absolute atomic E-state index is 0.155. The number of carbonyl (C=O) groups excluding carboxylic acids is 2. The summed E-state index contributed by atoms with van der Waals surface area (Å²) in [5, 5.41) is 2.99. The van der Waals surface area contributed by atoms with E-state index in [0.717, 1.165) is 18.4 Å². The van der Waals surface area contributed by atoms with Crippen LogP contribution in [-0.4, -0.2) is 38.7 Å². The lowest BCUT2D eigenvalue weighted by Crippen LogP contribution is -2.45. The molecule has 0 spiro atoms. The third kappa shape index (κ3) is 6.01. The van der Waals surface area contributed by atoms with Gasteiger partial charge in [0.1, 0.15) is 0 Å². The molecule has 6 heteroatoms. The number of rotatable bonds is 7. The van der Waals surface area contributed by atoms with Gasteiger partial charge in [-0.05, 0) is 42.0 Å². The van der Waals surface area contributed by atoms with Gasteiger partial charge in [0.05, 0.1) is 14.2 Å². The van der Waals surface area contributed by atoms with E-state index in [0.29, 0.717) is 23.3 Å². The highest BCUT2D eigenvalue weighted by Gasteiger charge is 2.28. The molecule has 148 valence electrons. The van der Waals surface area contributed by atoms with Crippen LogP contribution in [0.1, 0.15) is 38.7 Å². The van der Waals surface area contributed by atoms with E-state index in [1.807, 2.05) is 0 Å². The van der Waals surface area contributed by atoms with Gasteiger partial charge in [-0.25, -0.2) is 4.79 Å². The van der Waals surface area contributed by atoms with Gasteiger partial charge in [-0.1, -0.05) is 32.8 Å². The summed E-state index contributed by atoms with van der Waals surface area (Å²) in [7, 11) is 3.11. The predicted molar refractivity (Wildman–Crippen MR) is 104 cm³/mol. The lowest BCUT2D eigenvalue weighted by atomic mass is 9.78. The second-order valence-electron chi connectivity index (χ2n) is 7.00. The SMILES string of the molecule is COc1ccc(/C=C/C(=O)OCC(=O)NC2CCCC(C)C2C)cc1OC. The molecule has 1 aliphatic rings. The predicted octanol–water partition coefficient (Wildman–Crippen LogP) is 3.20. The monoisotopic (exact) mass is 375 g/mol. The summed E-state index contributed by atoms with van der Waals surface area (Å²) in [5.74, 6) is 1.39. The van der Waals surface area contributed by atoms with Crippen molar-refractivity contribution in [2.24, 2.45) is 11.8 Å². The molecule has 1 fully saturated rings.